The van der Waals surface area contributed by atoms with Crippen LogP contribution in [0.2, 0.25) is 0 Å². The minimum atomic E-state index is -2.36. The molecule has 0 bridgehead atoms. The zero-order valence-electron chi connectivity index (χ0n) is 12.1. The minimum Gasteiger partial charge on any atom is -0.309 e. The molecule has 110 valence electrons. The summed E-state index contributed by atoms with van der Waals surface area (Å²) in [5, 5.41) is 7.31. The fraction of sp³-hybridized carbons (Fsp3) is 0.786. The topological polar surface area (TPSA) is 29.9 Å². The van der Waals surface area contributed by atoms with E-state index in [1.807, 2.05) is 23.9 Å². The third kappa shape index (κ3) is 4.90. The van der Waals surface area contributed by atoms with Crippen molar-refractivity contribution >= 4 is 0 Å². The van der Waals surface area contributed by atoms with Crippen molar-refractivity contribution in [2.75, 3.05) is 6.54 Å². The Morgan fingerprint density at radius 2 is 1.95 bits per heavy atom. The van der Waals surface area contributed by atoms with Crippen molar-refractivity contribution in [1.82, 2.24) is 15.1 Å². The molecular formula is C14H25F2N3. The van der Waals surface area contributed by atoms with Gasteiger partial charge >= 0.3 is 0 Å². The van der Waals surface area contributed by atoms with E-state index in [9.17, 15) is 8.78 Å². The third-order valence-corrected chi connectivity index (χ3v) is 3.37. The lowest BCUT2D eigenvalue weighted by molar-refractivity contribution is 0.0977. The highest BCUT2D eigenvalue weighted by Gasteiger charge is 2.21. The van der Waals surface area contributed by atoms with Gasteiger partial charge in [0.15, 0.2) is 0 Å². The number of alkyl halides is 2. The van der Waals surface area contributed by atoms with Gasteiger partial charge in [-0.3, -0.25) is 4.68 Å². The molecule has 1 N–H and O–H groups in total. The second-order valence-corrected chi connectivity index (χ2v) is 4.86. The van der Waals surface area contributed by atoms with Crippen molar-refractivity contribution in [1.29, 1.82) is 0 Å². The van der Waals surface area contributed by atoms with E-state index >= 15 is 0 Å². The highest BCUT2D eigenvalue weighted by atomic mass is 19.3. The average molecular weight is 273 g/mol. The van der Waals surface area contributed by atoms with Gasteiger partial charge in [0.05, 0.1) is 17.8 Å². The fourth-order valence-corrected chi connectivity index (χ4v) is 2.16. The number of rotatable bonds is 9. The number of nitrogens with one attached hydrogen (secondary N) is 1. The summed E-state index contributed by atoms with van der Waals surface area (Å²) in [4.78, 5) is 0. The van der Waals surface area contributed by atoms with Crippen LogP contribution in [0.1, 0.15) is 51.8 Å². The zero-order chi connectivity index (χ0) is 14.3. The van der Waals surface area contributed by atoms with E-state index in [1.54, 1.807) is 0 Å². The molecule has 1 atom stereocenters. The van der Waals surface area contributed by atoms with Gasteiger partial charge in [-0.1, -0.05) is 20.8 Å². The monoisotopic (exact) mass is 273 g/mol. The van der Waals surface area contributed by atoms with Crippen molar-refractivity contribution < 1.29 is 8.78 Å². The molecule has 0 aromatic carbocycles. The molecule has 1 aromatic rings. The quantitative estimate of drug-likeness (QED) is 0.747. The van der Waals surface area contributed by atoms with Crippen molar-refractivity contribution in [2.24, 2.45) is 0 Å². The molecule has 1 heterocycles. The van der Waals surface area contributed by atoms with E-state index < -0.39 is 12.5 Å². The summed E-state index contributed by atoms with van der Waals surface area (Å²) in [6.07, 6.45) is 2.68. The van der Waals surface area contributed by atoms with Crippen LogP contribution in [0, 0.1) is 0 Å². The number of halogens is 2. The Morgan fingerprint density at radius 3 is 2.47 bits per heavy atom. The van der Waals surface area contributed by atoms with E-state index in [0.717, 1.165) is 25.0 Å². The summed E-state index contributed by atoms with van der Waals surface area (Å²) < 4.78 is 27.7. The first-order valence-corrected chi connectivity index (χ1v) is 7.17. The summed E-state index contributed by atoms with van der Waals surface area (Å²) in [6, 6.07) is 1.41. The molecule has 1 aromatic heterocycles. The van der Waals surface area contributed by atoms with Gasteiger partial charge < -0.3 is 5.32 Å². The summed E-state index contributed by atoms with van der Waals surface area (Å²) in [7, 11) is 0. The van der Waals surface area contributed by atoms with E-state index in [1.165, 1.54) is 0 Å². The molecule has 0 fully saturated rings. The van der Waals surface area contributed by atoms with Crippen LogP contribution in [-0.2, 0) is 6.42 Å². The normalized spacial score (nSPS) is 13.4. The first-order chi connectivity index (χ1) is 9.12. The Morgan fingerprint density at radius 1 is 1.26 bits per heavy atom. The van der Waals surface area contributed by atoms with Gasteiger partial charge in [0, 0.05) is 12.6 Å². The fourth-order valence-electron chi connectivity index (χ4n) is 2.16. The lowest BCUT2D eigenvalue weighted by atomic mass is 10.1. The molecular weight excluding hydrogens is 248 g/mol. The largest absolute Gasteiger partial charge is 0.309 e. The van der Waals surface area contributed by atoms with Gasteiger partial charge in [0.25, 0.3) is 6.43 Å². The third-order valence-electron chi connectivity index (χ3n) is 3.37. The molecule has 0 spiro atoms. The van der Waals surface area contributed by atoms with Crippen LogP contribution in [0.5, 0.6) is 0 Å². The van der Waals surface area contributed by atoms with Crippen molar-refractivity contribution in [3.63, 3.8) is 0 Å². The molecule has 1 unspecified atom stereocenters. The molecule has 0 aliphatic heterocycles. The standard InChI is InChI=1S/C14H25F2N3/c1-4-8-17-13(14(15)16)10-11-7-9-19(18-11)12(5-2)6-3/h7,9,12-14,17H,4-6,8,10H2,1-3H3. The molecule has 1 rings (SSSR count). The van der Waals surface area contributed by atoms with Crippen molar-refractivity contribution in [2.45, 2.75) is 65.0 Å². The van der Waals surface area contributed by atoms with Crippen LogP contribution in [0.25, 0.3) is 0 Å². The number of aromatic nitrogens is 2. The molecule has 0 aliphatic carbocycles. The summed E-state index contributed by atoms with van der Waals surface area (Å²) in [5.74, 6) is 0. The molecule has 3 nitrogen and oxygen atoms in total. The van der Waals surface area contributed by atoms with E-state index in [-0.39, 0.29) is 6.42 Å². The maximum Gasteiger partial charge on any atom is 0.254 e. The van der Waals surface area contributed by atoms with Gasteiger partial charge in [0.1, 0.15) is 0 Å². The summed E-state index contributed by atoms with van der Waals surface area (Å²) in [6.45, 7) is 6.81. The van der Waals surface area contributed by atoms with E-state index in [0.29, 0.717) is 12.6 Å². The lowest BCUT2D eigenvalue weighted by Crippen LogP contribution is -2.38. The molecule has 0 aliphatic rings. The number of nitrogens with zero attached hydrogens (tertiary/aromatic N) is 2. The summed E-state index contributed by atoms with van der Waals surface area (Å²) in [5.41, 5.74) is 0.737. The molecule has 0 radical (unpaired) electrons. The van der Waals surface area contributed by atoms with E-state index in [2.05, 4.69) is 24.3 Å². The lowest BCUT2D eigenvalue weighted by Gasteiger charge is -2.16. The Bertz CT molecular complexity index is 348. The van der Waals surface area contributed by atoms with Crippen molar-refractivity contribution in [3.8, 4) is 0 Å². The van der Waals surface area contributed by atoms with Crippen molar-refractivity contribution in [3.05, 3.63) is 18.0 Å². The Hall–Kier alpha value is -0.970. The molecule has 19 heavy (non-hydrogen) atoms. The van der Waals surface area contributed by atoms with Gasteiger partial charge in [-0.25, -0.2) is 8.78 Å². The molecule has 0 saturated carbocycles. The number of hydrogen-bond donors (Lipinski definition) is 1. The first kappa shape index (κ1) is 16.1. The predicted octanol–water partition coefficient (Wildman–Crippen LogP) is 3.42. The maximum atomic E-state index is 12.9. The maximum absolute atomic E-state index is 12.9. The van der Waals surface area contributed by atoms with Gasteiger partial charge in [0.2, 0.25) is 0 Å². The van der Waals surface area contributed by atoms with Crippen LogP contribution in [0.3, 0.4) is 0 Å². The van der Waals surface area contributed by atoms with Gasteiger partial charge in [-0.15, -0.1) is 0 Å². The first-order valence-electron chi connectivity index (χ1n) is 7.17. The summed E-state index contributed by atoms with van der Waals surface area (Å²) >= 11 is 0. The molecule has 5 heteroatoms. The number of hydrogen-bond acceptors (Lipinski definition) is 2. The van der Waals surface area contributed by atoms with Gasteiger partial charge in [-0.05, 0) is 31.9 Å². The highest BCUT2D eigenvalue weighted by Crippen LogP contribution is 2.16. The Kier molecular flexibility index (Phi) is 6.99. The molecule has 0 saturated heterocycles. The second-order valence-electron chi connectivity index (χ2n) is 4.86. The van der Waals surface area contributed by atoms with Crippen LogP contribution >= 0.6 is 0 Å². The second kappa shape index (κ2) is 8.25. The van der Waals surface area contributed by atoms with E-state index in [4.69, 9.17) is 0 Å². The Labute approximate surface area is 114 Å². The SMILES string of the molecule is CCCNC(Cc1ccn(C(CC)CC)n1)C(F)F. The average Bonchev–Trinajstić information content (AvgIpc) is 2.84. The Balaban J connectivity index is 2.64. The predicted molar refractivity (Wildman–Crippen MR) is 73.6 cm³/mol. The minimum absolute atomic E-state index is 0.283. The van der Waals surface area contributed by atoms with Crippen LogP contribution < -0.4 is 5.32 Å². The van der Waals surface area contributed by atoms with Crippen LogP contribution in [0.15, 0.2) is 12.3 Å². The molecule has 0 amide bonds. The van der Waals surface area contributed by atoms with Crippen LogP contribution in [-0.4, -0.2) is 28.8 Å². The van der Waals surface area contributed by atoms with Gasteiger partial charge in [-0.2, -0.15) is 5.10 Å². The smallest absolute Gasteiger partial charge is 0.254 e. The zero-order valence-corrected chi connectivity index (χ0v) is 12.1. The van der Waals surface area contributed by atoms with Crippen LogP contribution in [0.4, 0.5) is 8.78 Å². The highest BCUT2D eigenvalue weighted by molar-refractivity contribution is 5.03.